The molecule has 0 fully saturated rings. The van der Waals surface area contributed by atoms with E-state index >= 15 is 0 Å². The van der Waals surface area contributed by atoms with Crippen molar-refractivity contribution in [2.24, 2.45) is 10.9 Å². The molecule has 0 aliphatic carbocycles. The molecule has 1 amide bonds. The average molecular weight is 398 g/mol. The van der Waals surface area contributed by atoms with Crippen LogP contribution in [0.25, 0.3) is 0 Å². The van der Waals surface area contributed by atoms with Crippen molar-refractivity contribution >= 4 is 37.3 Å². The lowest BCUT2D eigenvalue weighted by Crippen LogP contribution is -2.16. The quantitative estimate of drug-likeness (QED) is 0.528. The van der Waals surface area contributed by atoms with E-state index in [0.29, 0.717) is 5.69 Å². The summed E-state index contributed by atoms with van der Waals surface area (Å²) in [5, 5.41) is 7.58. The van der Waals surface area contributed by atoms with Gasteiger partial charge in [-0.05, 0) is 48.5 Å². The van der Waals surface area contributed by atoms with E-state index in [1.807, 2.05) is 0 Å². The molecule has 0 aliphatic rings. The second-order valence-electron chi connectivity index (χ2n) is 5.29. The molecule has 0 saturated carbocycles. The van der Waals surface area contributed by atoms with Crippen molar-refractivity contribution in [2.45, 2.75) is 16.2 Å². The molecule has 2 aromatic rings. The van der Waals surface area contributed by atoms with Gasteiger partial charge in [0.1, 0.15) is 0 Å². The number of carbonyl (C=O) groups is 1. The topological polar surface area (TPSA) is 161 Å². The lowest BCUT2D eigenvalue weighted by molar-refractivity contribution is -0.116. The van der Waals surface area contributed by atoms with Crippen molar-refractivity contribution in [1.82, 2.24) is 0 Å². The molecule has 2 aromatic carbocycles. The minimum atomic E-state index is -3.88. The smallest absolute Gasteiger partial charge is 0.261 e. The van der Waals surface area contributed by atoms with Crippen molar-refractivity contribution in [2.75, 3.05) is 16.6 Å². The Morgan fingerprint density at radius 2 is 1.35 bits per heavy atom. The SMILES string of the molecule is NCCC(=O)Nc1ccc(S(=O)(=O)Nc2ccc(S(N)(=O)=O)cc2)cc1. The van der Waals surface area contributed by atoms with Crippen LogP contribution in [0.3, 0.4) is 0 Å². The number of hydrogen-bond acceptors (Lipinski definition) is 6. The highest BCUT2D eigenvalue weighted by Gasteiger charge is 2.15. The van der Waals surface area contributed by atoms with Gasteiger partial charge in [0.2, 0.25) is 15.9 Å². The summed E-state index contributed by atoms with van der Waals surface area (Å²) < 4.78 is 49.5. The van der Waals surface area contributed by atoms with Crippen LogP contribution in [-0.4, -0.2) is 29.3 Å². The first-order chi connectivity index (χ1) is 12.1. The number of benzene rings is 2. The third kappa shape index (κ3) is 5.26. The zero-order chi connectivity index (χ0) is 19.4. The first kappa shape index (κ1) is 19.8. The highest BCUT2D eigenvalue weighted by molar-refractivity contribution is 7.92. The van der Waals surface area contributed by atoms with Gasteiger partial charge in [-0.1, -0.05) is 0 Å². The molecule has 140 valence electrons. The average Bonchev–Trinajstić information content (AvgIpc) is 2.55. The van der Waals surface area contributed by atoms with Crippen molar-refractivity contribution in [3.8, 4) is 0 Å². The molecule has 26 heavy (non-hydrogen) atoms. The summed E-state index contributed by atoms with van der Waals surface area (Å²) >= 11 is 0. The maximum Gasteiger partial charge on any atom is 0.261 e. The lowest BCUT2D eigenvalue weighted by atomic mass is 10.3. The lowest BCUT2D eigenvalue weighted by Gasteiger charge is -2.10. The Hall–Kier alpha value is -2.47. The summed E-state index contributed by atoms with van der Waals surface area (Å²) in [4.78, 5) is 11.3. The fourth-order valence-electron chi connectivity index (χ4n) is 2.00. The fraction of sp³-hybridized carbons (Fsp3) is 0.133. The van der Waals surface area contributed by atoms with Crippen LogP contribution in [0.4, 0.5) is 11.4 Å². The van der Waals surface area contributed by atoms with Gasteiger partial charge in [0.15, 0.2) is 0 Å². The van der Waals surface area contributed by atoms with Crippen LogP contribution in [0.15, 0.2) is 58.3 Å². The molecule has 9 nitrogen and oxygen atoms in total. The van der Waals surface area contributed by atoms with Gasteiger partial charge in [-0.15, -0.1) is 0 Å². The Kier molecular flexibility index (Phi) is 5.97. The van der Waals surface area contributed by atoms with Crippen molar-refractivity contribution in [3.05, 3.63) is 48.5 Å². The molecule has 0 radical (unpaired) electrons. The Balaban J connectivity index is 2.13. The Morgan fingerprint density at radius 1 is 0.846 bits per heavy atom. The number of nitrogens with one attached hydrogen (secondary N) is 2. The van der Waals surface area contributed by atoms with Gasteiger partial charge in [0.05, 0.1) is 9.79 Å². The standard InChI is InChI=1S/C15H18N4O5S2/c16-10-9-15(20)18-11-1-7-14(8-2-11)26(23,24)19-12-3-5-13(6-4-12)25(17,21)22/h1-8,19H,9-10,16H2,(H,18,20)(H2,17,21,22). The van der Waals surface area contributed by atoms with E-state index in [0.717, 1.165) is 0 Å². The molecular formula is C15H18N4O5S2. The molecule has 6 N–H and O–H groups in total. The Bertz CT molecular complexity index is 985. The molecule has 2 rings (SSSR count). The largest absolute Gasteiger partial charge is 0.330 e. The molecule has 0 aliphatic heterocycles. The van der Waals surface area contributed by atoms with Crippen LogP contribution in [0.5, 0.6) is 0 Å². The van der Waals surface area contributed by atoms with E-state index in [-0.39, 0.29) is 34.4 Å². The highest BCUT2D eigenvalue weighted by Crippen LogP contribution is 2.19. The molecule has 0 heterocycles. The van der Waals surface area contributed by atoms with E-state index < -0.39 is 20.0 Å². The van der Waals surface area contributed by atoms with Crippen LogP contribution in [0.1, 0.15) is 6.42 Å². The van der Waals surface area contributed by atoms with E-state index in [2.05, 4.69) is 10.0 Å². The van der Waals surface area contributed by atoms with Crippen molar-refractivity contribution in [1.29, 1.82) is 0 Å². The summed E-state index contributed by atoms with van der Waals surface area (Å²) in [5.74, 6) is -0.267. The summed E-state index contributed by atoms with van der Waals surface area (Å²) in [6.45, 7) is 0.215. The molecule has 0 saturated heterocycles. The summed E-state index contributed by atoms with van der Waals surface area (Å²) in [7, 11) is -7.73. The first-order valence-electron chi connectivity index (χ1n) is 7.37. The first-order valence-corrected chi connectivity index (χ1v) is 10.4. The van der Waals surface area contributed by atoms with Crippen molar-refractivity contribution in [3.63, 3.8) is 0 Å². The number of sulfonamides is 2. The number of anilines is 2. The number of amides is 1. The van der Waals surface area contributed by atoms with Gasteiger partial charge in [0, 0.05) is 24.3 Å². The minimum Gasteiger partial charge on any atom is -0.330 e. The summed E-state index contributed by atoms with van der Waals surface area (Å²) in [5.41, 5.74) is 5.90. The molecule has 0 spiro atoms. The Labute approximate surface area is 151 Å². The zero-order valence-corrected chi connectivity index (χ0v) is 15.2. The molecule has 0 aromatic heterocycles. The predicted molar refractivity (Wildman–Crippen MR) is 97.4 cm³/mol. The van der Waals surface area contributed by atoms with Gasteiger partial charge >= 0.3 is 0 Å². The molecular weight excluding hydrogens is 380 g/mol. The maximum atomic E-state index is 12.4. The van der Waals surface area contributed by atoms with Crippen LogP contribution in [0, 0.1) is 0 Å². The van der Waals surface area contributed by atoms with Crippen LogP contribution in [-0.2, 0) is 24.8 Å². The number of carbonyl (C=O) groups excluding carboxylic acids is 1. The maximum absolute atomic E-state index is 12.4. The Morgan fingerprint density at radius 3 is 1.85 bits per heavy atom. The molecule has 0 bridgehead atoms. The molecule has 0 atom stereocenters. The molecule has 0 unspecified atom stereocenters. The zero-order valence-electron chi connectivity index (χ0n) is 13.5. The number of nitrogens with two attached hydrogens (primary N) is 2. The predicted octanol–water partition coefficient (Wildman–Crippen LogP) is 0.422. The van der Waals surface area contributed by atoms with Crippen LogP contribution >= 0.6 is 0 Å². The van der Waals surface area contributed by atoms with Gasteiger partial charge in [-0.25, -0.2) is 22.0 Å². The number of rotatable bonds is 7. The van der Waals surface area contributed by atoms with Crippen LogP contribution in [0.2, 0.25) is 0 Å². The van der Waals surface area contributed by atoms with Gasteiger partial charge in [-0.3, -0.25) is 9.52 Å². The fourth-order valence-corrected chi connectivity index (χ4v) is 3.57. The monoisotopic (exact) mass is 398 g/mol. The second kappa shape index (κ2) is 7.83. The third-order valence-corrected chi connectivity index (χ3v) is 5.58. The van der Waals surface area contributed by atoms with Gasteiger partial charge < -0.3 is 11.1 Å². The summed E-state index contributed by atoms with van der Waals surface area (Å²) in [6, 6.07) is 10.5. The minimum absolute atomic E-state index is 0.0233. The third-order valence-electron chi connectivity index (χ3n) is 3.25. The number of primary sulfonamides is 1. The van der Waals surface area contributed by atoms with Gasteiger partial charge in [0.25, 0.3) is 10.0 Å². The van der Waals surface area contributed by atoms with Crippen LogP contribution < -0.4 is 20.9 Å². The van der Waals surface area contributed by atoms with E-state index in [1.54, 1.807) is 0 Å². The second-order valence-corrected chi connectivity index (χ2v) is 8.53. The highest BCUT2D eigenvalue weighted by atomic mass is 32.2. The van der Waals surface area contributed by atoms with E-state index in [4.69, 9.17) is 10.9 Å². The molecule has 11 heteroatoms. The summed E-state index contributed by atoms with van der Waals surface area (Å²) in [6.07, 6.45) is 0.163. The van der Waals surface area contributed by atoms with E-state index in [1.165, 1.54) is 48.5 Å². The van der Waals surface area contributed by atoms with Gasteiger partial charge in [-0.2, -0.15) is 0 Å². The van der Waals surface area contributed by atoms with E-state index in [9.17, 15) is 21.6 Å². The van der Waals surface area contributed by atoms with Crippen molar-refractivity contribution < 1.29 is 21.6 Å². The normalized spacial score (nSPS) is 11.8. The number of hydrogen-bond donors (Lipinski definition) is 4.